The number of nitrogens with one attached hydrogen (secondary N) is 1. The number of carbonyl (C=O) groups excluding carboxylic acids is 1. The molecule has 0 amide bonds. The summed E-state index contributed by atoms with van der Waals surface area (Å²) in [5.41, 5.74) is 1.70. The first kappa shape index (κ1) is 13.0. The SMILES string of the molecule is COC(=O)c1ccc(CNSN(C)C)cc1. The Morgan fingerprint density at radius 1 is 1.38 bits per heavy atom. The second-order valence-electron chi connectivity index (χ2n) is 3.41. The molecule has 88 valence electrons. The van der Waals surface area contributed by atoms with Crippen LogP contribution >= 0.6 is 12.1 Å². The number of ether oxygens (including phenoxy) is 1. The van der Waals surface area contributed by atoms with Crippen molar-refractivity contribution < 1.29 is 9.53 Å². The van der Waals surface area contributed by atoms with Crippen LogP contribution in [-0.2, 0) is 11.3 Å². The minimum absolute atomic E-state index is 0.304. The maximum absolute atomic E-state index is 11.2. The molecule has 0 radical (unpaired) electrons. The summed E-state index contributed by atoms with van der Waals surface area (Å²) in [6.45, 7) is 0.754. The average molecular weight is 240 g/mol. The third kappa shape index (κ3) is 4.22. The molecule has 0 fully saturated rings. The first-order valence-electron chi connectivity index (χ1n) is 4.88. The fourth-order valence-electron chi connectivity index (χ4n) is 1.12. The number of rotatable bonds is 5. The second kappa shape index (κ2) is 6.52. The van der Waals surface area contributed by atoms with Gasteiger partial charge in [0.05, 0.1) is 12.7 Å². The van der Waals surface area contributed by atoms with Crippen LogP contribution in [-0.4, -0.2) is 31.5 Å². The molecule has 1 aromatic carbocycles. The van der Waals surface area contributed by atoms with Crippen LogP contribution in [0.4, 0.5) is 0 Å². The number of nitrogens with zero attached hydrogens (tertiary/aromatic N) is 1. The van der Waals surface area contributed by atoms with E-state index in [1.807, 2.05) is 30.5 Å². The zero-order valence-corrected chi connectivity index (χ0v) is 10.5. The van der Waals surface area contributed by atoms with Gasteiger partial charge in [-0.3, -0.25) is 0 Å². The molecule has 4 nitrogen and oxygen atoms in total. The van der Waals surface area contributed by atoms with Gasteiger partial charge in [0.15, 0.2) is 0 Å². The van der Waals surface area contributed by atoms with E-state index in [0.29, 0.717) is 5.56 Å². The van der Waals surface area contributed by atoms with Crippen LogP contribution in [0.1, 0.15) is 15.9 Å². The lowest BCUT2D eigenvalue weighted by Gasteiger charge is -2.09. The lowest BCUT2D eigenvalue weighted by atomic mass is 10.1. The molecule has 0 aliphatic carbocycles. The Kier molecular flexibility index (Phi) is 5.31. The van der Waals surface area contributed by atoms with Gasteiger partial charge in [-0.2, -0.15) is 0 Å². The molecule has 0 saturated heterocycles. The van der Waals surface area contributed by atoms with Crippen molar-refractivity contribution in [3.8, 4) is 0 Å². The Bertz CT molecular complexity index is 338. The number of carbonyl (C=O) groups is 1. The molecular formula is C11H16N2O2S. The van der Waals surface area contributed by atoms with Gasteiger partial charge in [0, 0.05) is 18.7 Å². The van der Waals surface area contributed by atoms with Gasteiger partial charge in [-0.25, -0.2) is 13.8 Å². The van der Waals surface area contributed by atoms with E-state index < -0.39 is 0 Å². The summed E-state index contributed by atoms with van der Waals surface area (Å²) in [6.07, 6.45) is 0. The van der Waals surface area contributed by atoms with Gasteiger partial charge in [-0.05, 0) is 31.8 Å². The van der Waals surface area contributed by atoms with Crippen molar-refractivity contribution in [3.05, 3.63) is 35.4 Å². The summed E-state index contributed by atoms with van der Waals surface area (Å²) in [4.78, 5) is 11.2. The molecule has 0 heterocycles. The van der Waals surface area contributed by atoms with Gasteiger partial charge >= 0.3 is 5.97 Å². The quantitative estimate of drug-likeness (QED) is 0.626. The molecule has 0 unspecified atom stereocenters. The molecule has 0 saturated carbocycles. The van der Waals surface area contributed by atoms with Crippen LogP contribution in [0, 0.1) is 0 Å². The minimum atomic E-state index is -0.304. The molecule has 16 heavy (non-hydrogen) atoms. The van der Waals surface area contributed by atoms with E-state index in [1.54, 1.807) is 12.1 Å². The molecule has 0 spiro atoms. The van der Waals surface area contributed by atoms with Gasteiger partial charge in [0.25, 0.3) is 0 Å². The summed E-state index contributed by atoms with van der Waals surface area (Å²) in [6, 6.07) is 7.36. The fraction of sp³-hybridized carbons (Fsp3) is 0.364. The molecule has 5 heteroatoms. The van der Waals surface area contributed by atoms with E-state index in [4.69, 9.17) is 0 Å². The highest BCUT2D eigenvalue weighted by atomic mass is 32.2. The number of benzene rings is 1. The van der Waals surface area contributed by atoms with Crippen LogP contribution in [0.25, 0.3) is 0 Å². The zero-order chi connectivity index (χ0) is 12.0. The van der Waals surface area contributed by atoms with Gasteiger partial charge in [-0.15, -0.1) is 0 Å². The lowest BCUT2D eigenvalue weighted by Crippen LogP contribution is -2.12. The standard InChI is InChI=1S/C11H16N2O2S/c1-13(2)16-12-8-9-4-6-10(7-5-9)11(14)15-3/h4-7,12H,8H2,1-3H3. The summed E-state index contributed by atoms with van der Waals surface area (Å²) in [5, 5.41) is 0. The largest absolute Gasteiger partial charge is 0.465 e. The third-order valence-corrected chi connectivity index (χ3v) is 2.54. The Labute approximate surface area is 100 Å². The Morgan fingerprint density at radius 2 is 2.00 bits per heavy atom. The van der Waals surface area contributed by atoms with Crippen molar-refractivity contribution in [3.63, 3.8) is 0 Å². The van der Waals surface area contributed by atoms with Crippen molar-refractivity contribution in [2.24, 2.45) is 0 Å². The molecule has 0 aliphatic rings. The molecule has 0 bridgehead atoms. The smallest absolute Gasteiger partial charge is 0.337 e. The number of hydrogen-bond donors (Lipinski definition) is 1. The van der Waals surface area contributed by atoms with Gasteiger partial charge < -0.3 is 4.74 Å². The molecule has 0 atom stereocenters. The molecule has 0 aliphatic heterocycles. The molecule has 1 rings (SSSR count). The van der Waals surface area contributed by atoms with Crippen molar-refractivity contribution >= 4 is 18.1 Å². The Hall–Kier alpha value is -1.04. The van der Waals surface area contributed by atoms with Crippen molar-refractivity contribution in [2.45, 2.75) is 6.54 Å². The number of methoxy groups -OCH3 is 1. The minimum Gasteiger partial charge on any atom is -0.465 e. The molecule has 1 N–H and O–H groups in total. The topological polar surface area (TPSA) is 41.6 Å². The summed E-state index contributed by atoms with van der Waals surface area (Å²) >= 11 is 1.53. The van der Waals surface area contributed by atoms with E-state index >= 15 is 0 Å². The summed E-state index contributed by atoms with van der Waals surface area (Å²) < 4.78 is 9.79. The highest BCUT2D eigenvalue weighted by Gasteiger charge is 2.03. The predicted molar refractivity (Wildman–Crippen MR) is 65.9 cm³/mol. The van der Waals surface area contributed by atoms with Crippen LogP contribution < -0.4 is 4.72 Å². The highest BCUT2D eigenvalue weighted by Crippen LogP contribution is 2.07. The van der Waals surface area contributed by atoms with Gasteiger partial charge in [-0.1, -0.05) is 12.1 Å². The van der Waals surface area contributed by atoms with E-state index in [9.17, 15) is 4.79 Å². The third-order valence-electron chi connectivity index (χ3n) is 1.90. The van der Waals surface area contributed by atoms with E-state index in [-0.39, 0.29) is 5.97 Å². The molecule has 0 aromatic heterocycles. The monoisotopic (exact) mass is 240 g/mol. The van der Waals surface area contributed by atoms with Crippen molar-refractivity contribution in [1.29, 1.82) is 0 Å². The Balaban J connectivity index is 2.48. The summed E-state index contributed by atoms with van der Waals surface area (Å²) in [7, 11) is 5.32. The average Bonchev–Trinajstić information content (AvgIpc) is 2.28. The number of hydrogen-bond acceptors (Lipinski definition) is 5. The highest BCUT2D eigenvalue weighted by molar-refractivity contribution is 7.95. The first-order chi connectivity index (χ1) is 7.63. The fourth-order valence-corrected chi connectivity index (χ4v) is 1.61. The van der Waals surface area contributed by atoms with E-state index in [0.717, 1.165) is 12.1 Å². The number of esters is 1. The summed E-state index contributed by atoms with van der Waals surface area (Å²) in [5.74, 6) is -0.304. The van der Waals surface area contributed by atoms with Crippen LogP contribution in [0.5, 0.6) is 0 Å². The van der Waals surface area contributed by atoms with Gasteiger partial charge in [0.1, 0.15) is 0 Å². The molecule has 1 aromatic rings. The van der Waals surface area contributed by atoms with E-state index in [1.165, 1.54) is 19.2 Å². The van der Waals surface area contributed by atoms with Crippen molar-refractivity contribution in [1.82, 2.24) is 9.03 Å². The van der Waals surface area contributed by atoms with Crippen molar-refractivity contribution in [2.75, 3.05) is 21.2 Å². The normalized spacial score (nSPS) is 10.5. The maximum Gasteiger partial charge on any atom is 0.337 e. The van der Waals surface area contributed by atoms with Gasteiger partial charge in [0.2, 0.25) is 0 Å². The second-order valence-corrected chi connectivity index (χ2v) is 4.61. The predicted octanol–water partition coefficient (Wildman–Crippen LogP) is 1.69. The first-order valence-corrected chi connectivity index (χ1v) is 5.65. The Morgan fingerprint density at radius 3 is 2.50 bits per heavy atom. The van der Waals surface area contributed by atoms with Crippen LogP contribution in [0.15, 0.2) is 24.3 Å². The van der Waals surface area contributed by atoms with E-state index in [2.05, 4.69) is 9.46 Å². The van der Waals surface area contributed by atoms with Crippen LogP contribution in [0.2, 0.25) is 0 Å². The zero-order valence-electron chi connectivity index (χ0n) is 9.69. The lowest BCUT2D eigenvalue weighted by molar-refractivity contribution is 0.0600. The maximum atomic E-state index is 11.2. The molecular weight excluding hydrogens is 224 g/mol. The van der Waals surface area contributed by atoms with Crippen LogP contribution in [0.3, 0.4) is 0 Å².